The number of methoxy groups -OCH3 is 1. The number of nitrogens with one attached hydrogen (secondary N) is 1. The fourth-order valence-corrected chi connectivity index (χ4v) is 2.36. The summed E-state index contributed by atoms with van der Waals surface area (Å²) in [4.78, 5) is 0. The SMILES string of the molecule is COc1ccccc1NC(CN)c1ccc(F)c(Br)c1. The number of benzene rings is 2. The number of hydrogen-bond acceptors (Lipinski definition) is 3. The van der Waals surface area contributed by atoms with Gasteiger partial charge in [-0.3, -0.25) is 0 Å². The van der Waals surface area contributed by atoms with Crippen LogP contribution in [0.25, 0.3) is 0 Å². The fraction of sp³-hybridized carbons (Fsp3) is 0.200. The van der Waals surface area contributed by atoms with Crippen molar-refractivity contribution in [2.45, 2.75) is 6.04 Å². The van der Waals surface area contributed by atoms with E-state index in [1.54, 1.807) is 19.2 Å². The summed E-state index contributed by atoms with van der Waals surface area (Å²) in [5, 5.41) is 3.32. The van der Waals surface area contributed by atoms with E-state index in [0.29, 0.717) is 11.0 Å². The summed E-state index contributed by atoms with van der Waals surface area (Å²) >= 11 is 3.19. The van der Waals surface area contributed by atoms with E-state index in [1.807, 2.05) is 24.3 Å². The maximum Gasteiger partial charge on any atom is 0.141 e. The van der Waals surface area contributed by atoms with Gasteiger partial charge < -0.3 is 15.8 Å². The zero-order valence-electron chi connectivity index (χ0n) is 11.1. The Bertz CT molecular complexity index is 592. The summed E-state index contributed by atoms with van der Waals surface area (Å²) in [6.07, 6.45) is 0. The Kier molecular flexibility index (Phi) is 4.98. The fourth-order valence-electron chi connectivity index (χ4n) is 1.96. The van der Waals surface area contributed by atoms with Gasteiger partial charge in [0.05, 0.1) is 23.3 Å². The van der Waals surface area contributed by atoms with Crippen molar-refractivity contribution in [1.29, 1.82) is 0 Å². The molecule has 3 nitrogen and oxygen atoms in total. The molecular formula is C15H16BrFN2O. The molecule has 5 heteroatoms. The average Bonchev–Trinajstić information content (AvgIpc) is 2.48. The van der Waals surface area contributed by atoms with Crippen LogP contribution in [0.15, 0.2) is 46.9 Å². The molecule has 0 spiro atoms. The standard InChI is InChI=1S/C15H16BrFN2O/c1-20-15-5-3-2-4-13(15)19-14(9-18)10-6-7-12(17)11(16)8-10/h2-8,14,19H,9,18H2,1H3. The summed E-state index contributed by atoms with van der Waals surface area (Å²) in [7, 11) is 1.62. The van der Waals surface area contributed by atoms with Crippen LogP contribution in [0.2, 0.25) is 0 Å². The van der Waals surface area contributed by atoms with Crippen LogP contribution in [0.4, 0.5) is 10.1 Å². The number of halogens is 2. The molecule has 2 aromatic rings. The van der Waals surface area contributed by atoms with Crippen molar-refractivity contribution in [2.75, 3.05) is 19.0 Å². The van der Waals surface area contributed by atoms with Gasteiger partial charge in [-0.1, -0.05) is 18.2 Å². The molecule has 3 N–H and O–H groups in total. The van der Waals surface area contributed by atoms with Crippen LogP contribution < -0.4 is 15.8 Å². The lowest BCUT2D eigenvalue weighted by molar-refractivity contribution is 0.416. The van der Waals surface area contributed by atoms with Gasteiger partial charge in [-0.2, -0.15) is 0 Å². The van der Waals surface area contributed by atoms with Gasteiger partial charge in [-0.05, 0) is 45.8 Å². The van der Waals surface area contributed by atoms with Crippen LogP contribution in [-0.4, -0.2) is 13.7 Å². The zero-order valence-corrected chi connectivity index (χ0v) is 12.7. The summed E-state index contributed by atoms with van der Waals surface area (Å²) in [6, 6.07) is 12.4. The molecule has 0 saturated heterocycles. The molecule has 0 bridgehead atoms. The van der Waals surface area contributed by atoms with Crippen molar-refractivity contribution < 1.29 is 9.13 Å². The van der Waals surface area contributed by atoms with Crippen LogP contribution in [0, 0.1) is 5.82 Å². The Hall–Kier alpha value is -1.59. The van der Waals surface area contributed by atoms with E-state index in [4.69, 9.17) is 10.5 Å². The highest BCUT2D eigenvalue weighted by Gasteiger charge is 2.13. The molecule has 0 saturated carbocycles. The molecule has 0 aliphatic rings. The van der Waals surface area contributed by atoms with E-state index in [-0.39, 0.29) is 11.9 Å². The van der Waals surface area contributed by atoms with Crippen LogP contribution in [0.1, 0.15) is 11.6 Å². The monoisotopic (exact) mass is 338 g/mol. The molecule has 0 heterocycles. The van der Waals surface area contributed by atoms with E-state index in [9.17, 15) is 4.39 Å². The third-order valence-corrected chi connectivity index (χ3v) is 3.63. The van der Waals surface area contributed by atoms with Crippen molar-refractivity contribution in [3.63, 3.8) is 0 Å². The predicted octanol–water partition coefficient (Wildman–Crippen LogP) is 3.71. The molecule has 0 fully saturated rings. The molecule has 1 unspecified atom stereocenters. The average molecular weight is 339 g/mol. The van der Waals surface area contributed by atoms with Gasteiger partial charge in [-0.15, -0.1) is 0 Å². The van der Waals surface area contributed by atoms with E-state index in [1.165, 1.54) is 6.07 Å². The first kappa shape index (κ1) is 14.8. The topological polar surface area (TPSA) is 47.3 Å². The minimum absolute atomic E-state index is 0.122. The van der Waals surface area contributed by atoms with Gasteiger partial charge >= 0.3 is 0 Å². The maximum absolute atomic E-state index is 13.3. The maximum atomic E-state index is 13.3. The van der Waals surface area contributed by atoms with E-state index < -0.39 is 0 Å². The molecule has 0 radical (unpaired) electrons. The Balaban J connectivity index is 2.26. The van der Waals surface area contributed by atoms with Crippen molar-refractivity contribution in [3.05, 3.63) is 58.3 Å². The molecule has 20 heavy (non-hydrogen) atoms. The highest BCUT2D eigenvalue weighted by atomic mass is 79.9. The first-order valence-corrected chi connectivity index (χ1v) is 6.99. The second-order valence-electron chi connectivity index (χ2n) is 4.31. The second kappa shape index (κ2) is 6.72. The van der Waals surface area contributed by atoms with Crippen molar-refractivity contribution in [1.82, 2.24) is 0 Å². The zero-order chi connectivity index (χ0) is 14.5. The van der Waals surface area contributed by atoms with Gasteiger partial charge in [-0.25, -0.2) is 4.39 Å². The van der Waals surface area contributed by atoms with E-state index >= 15 is 0 Å². The minimum Gasteiger partial charge on any atom is -0.495 e. The number of hydrogen-bond donors (Lipinski definition) is 2. The van der Waals surface area contributed by atoms with Gasteiger partial charge in [0.15, 0.2) is 0 Å². The van der Waals surface area contributed by atoms with Crippen molar-refractivity contribution >= 4 is 21.6 Å². The number of rotatable bonds is 5. The van der Waals surface area contributed by atoms with Gasteiger partial charge in [0.2, 0.25) is 0 Å². The number of nitrogens with two attached hydrogens (primary N) is 1. The predicted molar refractivity (Wildman–Crippen MR) is 82.5 cm³/mol. The van der Waals surface area contributed by atoms with Crippen LogP contribution >= 0.6 is 15.9 Å². The highest BCUT2D eigenvalue weighted by Crippen LogP contribution is 2.29. The molecule has 0 aliphatic heterocycles. The first-order chi connectivity index (χ1) is 9.65. The summed E-state index contributed by atoms with van der Waals surface area (Å²) in [6.45, 7) is 0.385. The normalized spacial score (nSPS) is 12.0. The Morgan fingerprint density at radius 2 is 2.05 bits per heavy atom. The third kappa shape index (κ3) is 3.29. The lowest BCUT2D eigenvalue weighted by Crippen LogP contribution is -2.21. The first-order valence-electron chi connectivity index (χ1n) is 6.20. The van der Waals surface area contributed by atoms with E-state index in [2.05, 4.69) is 21.2 Å². The smallest absolute Gasteiger partial charge is 0.141 e. The van der Waals surface area contributed by atoms with Gasteiger partial charge in [0.25, 0.3) is 0 Å². The Labute approximate surface area is 126 Å². The molecule has 106 valence electrons. The van der Waals surface area contributed by atoms with Crippen LogP contribution in [-0.2, 0) is 0 Å². The van der Waals surface area contributed by atoms with Gasteiger partial charge in [0.1, 0.15) is 11.6 Å². The van der Waals surface area contributed by atoms with Crippen molar-refractivity contribution in [2.24, 2.45) is 5.73 Å². The van der Waals surface area contributed by atoms with Crippen LogP contribution in [0.3, 0.4) is 0 Å². The molecule has 0 aromatic heterocycles. The molecule has 1 atom stereocenters. The van der Waals surface area contributed by atoms with E-state index in [0.717, 1.165) is 17.0 Å². The summed E-state index contributed by atoms with van der Waals surface area (Å²) in [5.74, 6) is 0.453. The highest BCUT2D eigenvalue weighted by molar-refractivity contribution is 9.10. The number of anilines is 1. The van der Waals surface area contributed by atoms with Crippen LogP contribution in [0.5, 0.6) is 5.75 Å². The molecule has 2 aromatic carbocycles. The molecule has 0 aliphatic carbocycles. The quantitative estimate of drug-likeness (QED) is 0.873. The second-order valence-corrected chi connectivity index (χ2v) is 5.16. The Morgan fingerprint density at radius 1 is 1.30 bits per heavy atom. The number of ether oxygens (including phenoxy) is 1. The lowest BCUT2D eigenvalue weighted by Gasteiger charge is -2.20. The largest absolute Gasteiger partial charge is 0.495 e. The Morgan fingerprint density at radius 3 is 2.70 bits per heavy atom. The summed E-state index contributed by atoms with van der Waals surface area (Å²) < 4.78 is 19.0. The van der Waals surface area contributed by atoms with Gasteiger partial charge in [0, 0.05) is 6.54 Å². The third-order valence-electron chi connectivity index (χ3n) is 3.02. The molecule has 0 amide bonds. The number of para-hydroxylation sites is 2. The lowest BCUT2D eigenvalue weighted by atomic mass is 10.1. The molecular weight excluding hydrogens is 323 g/mol. The summed E-state index contributed by atoms with van der Waals surface area (Å²) in [5.41, 5.74) is 7.58. The molecule has 2 rings (SSSR count). The minimum atomic E-state index is -0.290. The van der Waals surface area contributed by atoms with Crippen molar-refractivity contribution in [3.8, 4) is 5.75 Å².